The van der Waals surface area contributed by atoms with Gasteiger partial charge in [0.1, 0.15) is 17.5 Å². The number of nitrogens with one attached hydrogen (secondary N) is 1. The Balaban J connectivity index is 0.614. The Morgan fingerprint density at radius 1 is 0.779 bits per heavy atom. The lowest BCUT2D eigenvalue weighted by atomic mass is 9.95. The molecule has 1 unspecified atom stereocenters. The summed E-state index contributed by atoms with van der Waals surface area (Å²) in [4.78, 5) is 81.0. The monoisotopic (exact) mass is 924 g/mol. The first-order chi connectivity index (χ1) is 33.1. The topological polar surface area (TPSA) is 143 Å². The van der Waals surface area contributed by atoms with E-state index < -0.39 is 6.04 Å². The van der Waals surface area contributed by atoms with Crippen molar-refractivity contribution in [2.45, 2.75) is 103 Å². The molecule has 1 atom stereocenters. The zero-order chi connectivity index (χ0) is 46.9. The number of rotatable bonds is 14. The maximum Gasteiger partial charge on any atom is 0.263 e. The van der Waals surface area contributed by atoms with Crippen molar-refractivity contribution in [3.8, 4) is 0 Å². The number of hydrogen-bond donors (Lipinski definition) is 1. The van der Waals surface area contributed by atoms with Crippen molar-refractivity contribution < 1.29 is 14.4 Å². The molecule has 68 heavy (non-hydrogen) atoms. The third-order valence-corrected chi connectivity index (χ3v) is 16.0. The van der Waals surface area contributed by atoms with Gasteiger partial charge >= 0.3 is 0 Å². The molecule has 5 fully saturated rings. The lowest BCUT2D eigenvalue weighted by Crippen LogP contribution is -2.49. The first-order valence-electron chi connectivity index (χ1n) is 25.5. The van der Waals surface area contributed by atoms with Crippen molar-refractivity contribution in [2.75, 3.05) is 94.9 Å². The van der Waals surface area contributed by atoms with Crippen LogP contribution in [0.5, 0.6) is 0 Å². The largest absolute Gasteiger partial charge is 0.369 e. The highest BCUT2D eigenvalue weighted by Crippen LogP contribution is 2.34. The van der Waals surface area contributed by atoms with Gasteiger partial charge in [-0.3, -0.25) is 38.5 Å². The van der Waals surface area contributed by atoms with E-state index in [1.165, 1.54) is 64.5 Å². The molecule has 4 aromatic rings. The Morgan fingerprint density at radius 2 is 1.46 bits per heavy atom. The summed E-state index contributed by atoms with van der Waals surface area (Å²) in [6.07, 6.45) is 14.6. The number of nitrogens with zero attached hydrogens (tertiary/aromatic N) is 10. The normalized spacial score (nSPS) is 21.6. The lowest BCUT2D eigenvalue weighted by molar-refractivity contribution is -0.126. The molecule has 1 aliphatic carbocycles. The van der Waals surface area contributed by atoms with Gasteiger partial charge in [0.2, 0.25) is 5.91 Å². The number of aryl methyl sites for hydroxylation is 1. The van der Waals surface area contributed by atoms with E-state index in [1.54, 1.807) is 15.7 Å². The van der Waals surface area contributed by atoms with Crippen molar-refractivity contribution >= 4 is 40.0 Å². The summed E-state index contributed by atoms with van der Waals surface area (Å²) >= 11 is 0. The zero-order valence-corrected chi connectivity index (χ0v) is 40.3. The molecule has 15 heteroatoms. The Bertz CT molecular complexity index is 2580. The number of ketones is 1. The quantitative estimate of drug-likeness (QED) is 0.125. The van der Waals surface area contributed by atoms with Gasteiger partial charge in [0.25, 0.3) is 11.5 Å². The predicted molar refractivity (Wildman–Crippen MR) is 265 cm³/mol. The molecule has 3 aromatic heterocycles. The van der Waals surface area contributed by atoms with Crippen LogP contribution in [0.25, 0.3) is 11.0 Å². The van der Waals surface area contributed by atoms with Crippen molar-refractivity contribution in [1.29, 1.82) is 0 Å². The van der Waals surface area contributed by atoms with Gasteiger partial charge in [-0.25, -0.2) is 9.97 Å². The van der Waals surface area contributed by atoms with Gasteiger partial charge in [0.05, 0.1) is 23.9 Å². The Labute approximate surface area is 400 Å². The molecule has 4 saturated heterocycles. The fourth-order valence-electron chi connectivity index (χ4n) is 11.9. The molecule has 8 heterocycles. The molecule has 1 saturated carbocycles. The summed E-state index contributed by atoms with van der Waals surface area (Å²) in [6, 6.07) is 10.1. The average molecular weight is 924 g/mol. The fraction of sp³-hybridized carbons (Fsp3) is 0.566. The number of Topliss-reactive ketones (excluding diaryl/α,β-unsaturated/α-hetero) is 1. The van der Waals surface area contributed by atoms with Gasteiger partial charge in [0, 0.05) is 106 Å². The highest BCUT2D eigenvalue weighted by molar-refractivity contribution is 6.02. The van der Waals surface area contributed by atoms with Gasteiger partial charge in [-0.2, -0.15) is 0 Å². The van der Waals surface area contributed by atoms with Gasteiger partial charge in [0.15, 0.2) is 5.78 Å². The Kier molecular flexibility index (Phi) is 13.7. The van der Waals surface area contributed by atoms with Crippen LogP contribution in [0.1, 0.15) is 121 Å². The molecule has 2 amide bonds. The third kappa shape index (κ3) is 9.84. The second-order valence-corrected chi connectivity index (χ2v) is 20.4. The minimum atomic E-state index is -0.425. The molecular formula is C53H69N11O4. The number of piperidine rings is 2. The minimum absolute atomic E-state index is 0.0382. The molecular weight excluding hydrogens is 855 g/mol. The van der Waals surface area contributed by atoms with Crippen molar-refractivity contribution in [2.24, 2.45) is 5.92 Å². The van der Waals surface area contributed by atoms with Crippen molar-refractivity contribution in [3.63, 3.8) is 0 Å². The highest BCUT2D eigenvalue weighted by atomic mass is 16.2. The summed E-state index contributed by atoms with van der Waals surface area (Å²) < 4.78 is 1.78. The third-order valence-electron chi connectivity index (χ3n) is 16.0. The summed E-state index contributed by atoms with van der Waals surface area (Å²) in [6.45, 7) is 21.8. The van der Waals surface area contributed by atoms with E-state index in [9.17, 15) is 19.2 Å². The van der Waals surface area contributed by atoms with Crippen LogP contribution in [0.15, 0.2) is 59.8 Å². The fourth-order valence-corrected chi connectivity index (χ4v) is 11.9. The van der Waals surface area contributed by atoms with Crippen LogP contribution >= 0.6 is 0 Å². The molecule has 1 aromatic carbocycles. The number of likely N-dealkylation sites (tertiary alicyclic amines) is 1. The van der Waals surface area contributed by atoms with E-state index in [1.807, 2.05) is 19.2 Å². The number of allylic oxidation sites excluding steroid dienone is 1. The van der Waals surface area contributed by atoms with Gasteiger partial charge in [-0.05, 0) is 139 Å². The van der Waals surface area contributed by atoms with Gasteiger partial charge in [-0.1, -0.05) is 19.4 Å². The van der Waals surface area contributed by atoms with E-state index in [-0.39, 0.29) is 34.8 Å². The molecule has 0 bridgehead atoms. The number of aromatic nitrogens is 4. The summed E-state index contributed by atoms with van der Waals surface area (Å²) in [5.41, 5.74) is 7.02. The highest BCUT2D eigenvalue weighted by Gasteiger charge is 2.38. The van der Waals surface area contributed by atoms with E-state index in [0.717, 1.165) is 124 Å². The minimum Gasteiger partial charge on any atom is -0.369 e. The molecule has 15 nitrogen and oxygen atoms in total. The van der Waals surface area contributed by atoms with Gasteiger partial charge < -0.3 is 24.9 Å². The van der Waals surface area contributed by atoms with Crippen LogP contribution in [0.4, 0.5) is 11.4 Å². The molecule has 5 aliphatic heterocycles. The second kappa shape index (κ2) is 20.2. The number of amides is 2. The number of benzene rings is 1. The Hall–Kier alpha value is -5.51. The predicted octanol–water partition coefficient (Wildman–Crippen LogP) is 5.59. The van der Waals surface area contributed by atoms with Gasteiger partial charge in [-0.15, -0.1) is 0 Å². The zero-order valence-electron chi connectivity index (χ0n) is 40.3. The molecule has 10 rings (SSSR count). The second-order valence-electron chi connectivity index (χ2n) is 20.4. The first kappa shape index (κ1) is 46.2. The molecule has 0 radical (unpaired) electrons. The van der Waals surface area contributed by atoms with Crippen molar-refractivity contribution in [1.82, 2.24) is 44.4 Å². The number of carbonyl (C=O) groups is 3. The van der Waals surface area contributed by atoms with Crippen LogP contribution in [0.3, 0.4) is 0 Å². The molecule has 6 aliphatic rings. The molecule has 0 spiro atoms. The maximum absolute atomic E-state index is 13.6. The number of hydrogen-bond acceptors (Lipinski definition) is 12. The summed E-state index contributed by atoms with van der Waals surface area (Å²) in [7, 11) is 0. The Morgan fingerprint density at radius 3 is 2.13 bits per heavy atom. The number of unbranched alkanes of at least 4 members (excludes halogenated alkanes) is 1. The number of piperazine rings is 2. The van der Waals surface area contributed by atoms with Crippen LogP contribution in [-0.2, 0) is 17.8 Å². The van der Waals surface area contributed by atoms with Crippen LogP contribution in [0.2, 0.25) is 0 Å². The molecule has 1 N–H and O–H groups in total. The van der Waals surface area contributed by atoms with Crippen LogP contribution < -0.4 is 20.7 Å². The van der Waals surface area contributed by atoms with E-state index in [2.05, 4.69) is 65.6 Å². The smallest absolute Gasteiger partial charge is 0.263 e. The maximum atomic E-state index is 13.6. The lowest BCUT2D eigenvalue weighted by Gasteiger charge is -2.39. The van der Waals surface area contributed by atoms with Crippen molar-refractivity contribution in [3.05, 3.63) is 99.1 Å². The van der Waals surface area contributed by atoms with Crippen LogP contribution in [-0.4, -0.2) is 148 Å². The first-order valence-corrected chi connectivity index (χ1v) is 25.5. The number of pyridine rings is 2. The summed E-state index contributed by atoms with van der Waals surface area (Å²) in [5, 5.41) is 3.61. The van der Waals surface area contributed by atoms with E-state index >= 15 is 0 Å². The summed E-state index contributed by atoms with van der Waals surface area (Å²) in [5.74, 6) is 1.03. The number of anilines is 2. The average Bonchev–Trinajstić information content (AvgIpc) is 3.99. The SMILES string of the molecule is C=C1CCC(N2Cc3cc(N4CCN(CC5CCN(CCCCN6CCN(c7ccc(Cc8ncc9c(C)c(C(C)=O)c(=O)n(C%10CCCC%10)c9n8)nc7)CC6)CC5)CC4)ccc3C2=O)C(=O)N1. The number of carbonyl (C=O) groups excluding carboxylic acids is 3. The van der Waals surface area contributed by atoms with Crippen LogP contribution in [0, 0.1) is 12.8 Å². The standard InChI is InChI=1S/C53H69N11O4/c1-36-10-15-47(51(66)56-36)63-35-40-30-43(13-14-45(40)52(63)67)61-28-24-60(25-29-61)34-39-16-20-58(21-17-39)18-6-7-19-59-22-26-62(27-23-59)44-12-11-41(54-32-44)31-48-55-33-46-37(2)49(38(3)65)53(68)64(50(46)57-48)42-8-4-5-9-42/h11-14,30,32-33,39,42,47H,1,4-10,15-29,31,34-35H2,2-3H3,(H,56,66). The van der Waals surface area contributed by atoms with E-state index in [4.69, 9.17) is 9.97 Å². The van der Waals surface area contributed by atoms with E-state index in [0.29, 0.717) is 42.8 Å². The number of fused-ring (bicyclic) bond motifs is 2. The molecule has 360 valence electrons.